The van der Waals surface area contributed by atoms with Gasteiger partial charge in [-0.15, -0.1) is 0 Å². The van der Waals surface area contributed by atoms with Gasteiger partial charge in [0.1, 0.15) is 5.41 Å². The number of hydrogen-bond donors (Lipinski definition) is 3. The molecule has 0 radical (unpaired) electrons. The van der Waals surface area contributed by atoms with E-state index in [-0.39, 0.29) is 17.3 Å². The van der Waals surface area contributed by atoms with Gasteiger partial charge >= 0.3 is 0 Å². The summed E-state index contributed by atoms with van der Waals surface area (Å²) in [6, 6.07) is 0. The Morgan fingerprint density at radius 3 is 2.39 bits per heavy atom. The summed E-state index contributed by atoms with van der Waals surface area (Å²) in [5.41, 5.74) is 4.84. The molecule has 2 aliphatic rings. The van der Waals surface area contributed by atoms with Crippen LogP contribution in [0, 0.1) is 11.3 Å². The average molecular weight is 253 g/mol. The third-order valence-electron chi connectivity index (χ3n) is 4.55. The highest BCUT2D eigenvalue weighted by atomic mass is 16.4. The fourth-order valence-electron chi connectivity index (χ4n) is 3.41. The maximum absolute atomic E-state index is 12.5. The molecule has 0 aromatic carbocycles. The van der Waals surface area contributed by atoms with E-state index in [4.69, 9.17) is 10.9 Å². The number of carbonyl (C=O) groups excluding carboxylic acids is 1. The molecule has 0 heterocycles. The molecule has 4 N–H and O–H groups in total. The summed E-state index contributed by atoms with van der Waals surface area (Å²) in [7, 11) is 0. The molecule has 0 unspecified atom stereocenters. The molecule has 2 saturated carbocycles. The lowest BCUT2D eigenvalue weighted by Crippen LogP contribution is -2.60. The van der Waals surface area contributed by atoms with Crippen molar-refractivity contribution in [1.29, 1.82) is 0 Å². The molecular weight excluding hydrogens is 230 g/mol. The zero-order valence-corrected chi connectivity index (χ0v) is 11.2. The largest absolute Gasteiger partial charge is 0.409 e. The molecule has 0 spiro atoms. The number of hydrogen-bond acceptors (Lipinski definition) is 3. The molecule has 0 aliphatic heterocycles. The minimum absolute atomic E-state index is 0.0553. The van der Waals surface area contributed by atoms with E-state index in [1.165, 1.54) is 0 Å². The number of amidine groups is 1. The molecule has 0 aromatic rings. The van der Waals surface area contributed by atoms with E-state index in [2.05, 4.69) is 24.3 Å². The maximum Gasteiger partial charge on any atom is 0.234 e. The van der Waals surface area contributed by atoms with Gasteiger partial charge in [-0.3, -0.25) is 4.79 Å². The van der Waals surface area contributed by atoms with Gasteiger partial charge in [-0.25, -0.2) is 0 Å². The van der Waals surface area contributed by atoms with Crippen LogP contribution in [0.5, 0.6) is 0 Å². The number of oxime groups is 1. The second-order valence-corrected chi connectivity index (χ2v) is 6.30. The van der Waals surface area contributed by atoms with Crippen LogP contribution in [0.15, 0.2) is 5.16 Å². The van der Waals surface area contributed by atoms with E-state index in [1.54, 1.807) is 0 Å². The maximum atomic E-state index is 12.5. The summed E-state index contributed by atoms with van der Waals surface area (Å²) >= 11 is 0. The van der Waals surface area contributed by atoms with Gasteiger partial charge in [-0.2, -0.15) is 0 Å². The van der Waals surface area contributed by atoms with Crippen LogP contribution in [0.4, 0.5) is 0 Å². The second kappa shape index (κ2) is 4.44. The van der Waals surface area contributed by atoms with Crippen LogP contribution < -0.4 is 11.1 Å². The highest BCUT2D eigenvalue weighted by molar-refractivity contribution is 6.07. The molecule has 5 nitrogen and oxygen atoms in total. The third-order valence-corrected chi connectivity index (χ3v) is 4.55. The number of nitrogens with one attached hydrogen (secondary N) is 1. The molecule has 0 aromatic heterocycles. The van der Waals surface area contributed by atoms with Crippen molar-refractivity contribution in [3.8, 4) is 0 Å². The van der Waals surface area contributed by atoms with Crippen molar-refractivity contribution in [2.24, 2.45) is 22.2 Å². The monoisotopic (exact) mass is 253 g/mol. The van der Waals surface area contributed by atoms with Crippen molar-refractivity contribution in [2.45, 2.75) is 57.9 Å². The zero-order chi connectivity index (χ0) is 13.4. The molecule has 1 amide bonds. The molecule has 102 valence electrons. The number of amides is 1. The predicted octanol–water partition coefficient (Wildman–Crippen LogP) is 1.60. The summed E-state index contributed by atoms with van der Waals surface area (Å²) in [6.07, 6.45) is 5.68. The first kappa shape index (κ1) is 13.2. The molecule has 18 heavy (non-hydrogen) atoms. The SMILES string of the molecule is CC1CC(C(=O)NC2(C)CCCC2)(C(N)=NO)C1. The Bertz CT molecular complexity index is 366. The van der Waals surface area contributed by atoms with Gasteiger partial charge in [0.25, 0.3) is 0 Å². The van der Waals surface area contributed by atoms with Gasteiger partial charge < -0.3 is 16.3 Å². The molecule has 0 atom stereocenters. The topological polar surface area (TPSA) is 87.7 Å². The Morgan fingerprint density at radius 2 is 1.94 bits per heavy atom. The Labute approximate surface area is 108 Å². The van der Waals surface area contributed by atoms with Gasteiger partial charge in [0.2, 0.25) is 5.91 Å². The van der Waals surface area contributed by atoms with Crippen LogP contribution in [-0.4, -0.2) is 22.5 Å². The van der Waals surface area contributed by atoms with Crippen LogP contribution in [0.25, 0.3) is 0 Å². The van der Waals surface area contributed by atoms with Crippen molar-refractivity contribution in [3.63, 3.8) is 0 Å². The van der Waals surface area contributed by atoms with Crippen LogP contribution in [-0.2, 0) is 4.79 Å². The van der Waals surface area contributed by atoms with Crippen molar-refractivity contribution < 1.29 is 10.0 Å². The fourth-order valence-corrected chi connectivity index (χ4v) is 3.41. The molecule has 5 heteroatoms. The van der Waals surface area contributed by atoms with Gasteiger partial charge in [-0.05, 0) is 38.5 Å². The van der Waals surface area contributed by atoms with Crippen LogP contribution in [0.2, 0.25) is 0 Å². The molecule has 2 aliphatic carbocycles. The zero-order valence-electron chi connectivity index (χ0n) is 11.2. The summed E-state index contributed by atoms with van der Waals surface area (Å²) in [6.45, 7) is 4.16. The third kappa shape index (κ3) is 2.06. The lowest BCUT2D eigenvalue weighted by atomic mass is 9.61. The number of rotatable bonds is 3. The van der Waals surface area contributed by atoms with E-state index < -0.39 is 5.41 Å². The highest BCUT2D eigenvalue weighted by Gasteiger charge is 2.53. The summed E-state index contributed by atoms with van der Waals surface area (Å²) < 4.78 is 0. The van der Waals surface area contributed by atoms with Crippen LogP contribution in [0.3, 0.4) is 0 Å². The summed E-state index contributed by atoms with van der Waals surface area (Å²) in [4.78, 5) is 12.5. The number of carbonyl (C=O) groups is 1. The van der Waals surface area contributed by atoms with E-state index in [0.29, 0.717) is 18.8 Å². The molecule has 0 saturated heterocycles. The Balaban J connectivity index is 2.10. The summed E-state index contributed by atoms with van der Waals surface area (Å²) in [5.74, 6) is 0.437. The Hall–Kier alpha value is -1.26. The second-order valence-electron chi connectivity index (χ2n) is 6.30. The Morgan fingerprint density at radius 1 is 1.39 bits per heavy atom. The van der Waals surface area contributed by atoms with Gasteiger partial charge in [0.15, 0.2) is 5.84 Å². The molecular formula is C13H23N3O2. The van der Waals surface area contributed by atoms with Gasteiger partial charge in [0, 0.05) is 5.54 Å². The normalized spacial score (nSPS) is 35.0. The number of nitrogens with two attached hydrogens (primary N) is 1. The first-order valence-electron chi connectivity index (χ1n) is 6.72. The van der Waals surface area contributed by atoms with Crippen molar-refractivity contribution >= 4 is 11.7 Å². The lowest BCUT2D eigenvalue weighted by molar-refractivity contribution is -0.135. The minimum Gasteiger partial charge on any atom is -0.409 e. The van der Waals surface area contributed by atoms with E-state index in [1.807, 2.05) is 0 Å². The van der Waals surface area contributed by atoms with E-state index in [0.717, 1.165) is 25.7 Å². The predicted molar refractivity (Wildman–Crippen MR) is 69.3 cm³/mol. The standard InChI is InChI=1S/C13H23N3O2/c1-9-7-13(8-9,10(14)16-18)11(17)15-12(2)5-3-4-6-12/h9,18H,3-8H2,1-2H3,(H2,14,16)(H,15,17). The highest BCUT2D eigenvalue weighted by Crippen LogP contribution is 2.46. The van der Waals surface area contributed by atoms with E-state index in [9.17, 15) is 4.79 Å². The van der Waals surface area contributed by atoms with E-state index >= 15 is 0 Å². The number of nitrogens with zero attached hydrogens (tertiary/aromatic N) is 1. The van der Waals surface area contributed by atoms with Crippen LogP contribution in [0.1, 0.15) is 52.4 Å². The quantitative estimate of drug-likeness (QED) is 0.309. The van der Waals surface area contributed by atoms with Crippen molar-refractivity contribution in [1.82, 2.24) is 5.32 Å². The molecule has 0 bridgehead atoms. The fraction of sp³-hybridized carbons (Fsp3) is 0.846. The van der Waals surface area contributed by atoms with Gasteiger partial charge in [0.05, 0.1) is 0 Å². The smallest absolute Gasteiger partial charge is 0.234 e. The van der Waals surface area contributed by atoms with Crippen molar-refractivity contribution in [2.75, 3.05) is 0 Å². The average Bonchev–Trinajstić information content (AvgIpc) is 2.69. The first-order chi connectivity index (χ1) is 8.42. The Kier molecular flexibility index (Phi) is 3.25. The molecule has 2 fully saturated rings. The first-order valence-corrected chi connectivity index (χ1v) is 6.72. The lowest BCUT2D eigenvalue weighted by Gasteiger charge is -2.45. The minimum atomic E-state index is -0.778. The van der Waals surface area contributed by atoms with Gasteiger partial charge in [-0.1, -0.05) is 24.9 Å². The van der Waals surface area contributed by atoms with Crippen LogP contribution >= 0.6 is 0 Å². The van der Waals surface area contributed by atoms with Crippen molar-refractivity contribution in [3.05, 3.63) is 0 Å². The summed E-state index contributed by atoms with van der Waals surface area (Å²) in [5, 5.41) is 15.1. The molecule has 2 rings (SSSR count).